The number of nitrogens with two attached hydrogens (primary N) is 1. The SMILES string of the molecule is CCOC(=O)c1cccc(N)c1NCc1ccc(-c2ccccc2C#N)cc1.Cl. The molecule has 0 heterocycles. The summed E-state index contributed by atoms with van der Waals surface area (Å²) < 4.78 is 5.10. The molecule has 0 bridgehead atoms. The number of hydrogen-bond acceptors (Lipinski definition) is 5. The molecule has 0 fully saturated rings. The number of nitrogens with one attached hydrogen (secondary N) is 1. The van der Waals surface area contributed by atoms with Crippen LogP contribution < -0.4 is 11.1 Å². The molecule has 0 aliphatic carbocycles. The second-order valence-corrected chi connectivity index (χ2v) is 6.20. The second kappa shape index (κ2) is 10.2. The molecule has 3 aromatic rings. The molecule has 0 atom stereocenters. The summed E-state index contributed by atoms with van der Waals surface area (Å²) in [4.78, 5) is 12.1. The highest BCUT2D eigenvalue weighted by atomic mass is 35.5. The Bertz CT molecular complexity index is 1030. The van der Waals surface area contributed by atoms with Crippen molar-refractivity contribution in [2.45, 2.75) is 13.5 Å². The predicted octanol–water partition coefficient (Wildman–Crippen LogP) is 5.02. The highest BCUT2D eigenvalue weighted by molar-refractivity contribution is 5.98. The summed E-state index contributed by atoms with van der Waals surface area (Å²) in [5.74, 6) is -0.402. The highest BCUT2D eigenvalue weighted by Crippen LogP contribution is 2.26. The van der Waals surface area contributed by atoms with E-state index in [0.717, 1.165) is 16.7 Å². The molecule has 0 saturated carbocycles. The van der Waals surface area contributed by atoms with Crippen LogP contribution in [0.1, 0.15) is 28.4 Å². The maximum Gasteiger partial charge on any atom is 0.340 e. The maximum absolute atomic E-state index is 12.1. The molecule has 0 amide bonds. The Kier molecular flexibility index (Phi) is 7.64. The number of esters is 1. The second-order valence-electron chi connectivity index (χ2n) is 6.20. The molecule has 29 heavy (non-hydrogen) atoms. The lowest BCUT2D eigenvalue weighted by atomic mass is 9.99. The van der Waals surface area contributed by atoms with Crippen LogP contribution in [-0.4, -0.2) is 12.6 Å². The first kappa shape index (κ1) is 21.8. The van der Waals surface area contributed by atoms with E-state index in [9.17, 15) is 10.1 Å². The van der Waals surface area contributed by atoms with Gasteiger partial charge in [-0.15, -0.1) is 12.4 Å². The van der Waals surface area contributed by atoms with Gasteiger partial charge in [-0.05, 0) is 41.8 Å². The first-order valence-electron chi connectivity index (χ1n) is 9.02. The summed E-state index contributed by atoms with van der Waals surface area (Å²) >= 11 is 0. The zero-order valence-electron chi connectivity index (χ0n) is 16.0. The number of ether oxygens (including phenoxy) is 1. The third-order valence-corrected chi connectivity index (χ3v) is 4.37. The maximum atomic E-state index is 12.1. The van der Waals surface area contributed by atoms with E-state index in [-0.39, 0.29) is 12.4 Å². The van der Waals surface area contributed by atoms with E-state index in [2.05, 4.69) is 11.4 Å². The summed E-state index contributed by atoms with van der Waals surface area (Å²) in [6, 6.07) is 22.8. The van der Waals surface area contributed by atoms with E-state index in [0.29, 0.717) is 35.7 Å². The molecule has 148 valence electrons. The van der Waals surface area contributed by atoms with Crippen molar-refractivity contribution >= 4 is 29.8 Å². The molecule has 0 aliphatic heterocycles. The molecular weight excluding hydrogens is 386 g/mol. The minimum Gasteiger partial charge on any atom is -0.462 e. The zero-order chi connectivity index (χ0) is 19.9. The molecule has 0 radical (unpaired) electrons. The van der Waals surface area contributed by atoms with Crippen LogP contribution in [0.25, 0.3) is 11.1 Å². The van der Waals surface area contributed by atoms with Crippen molar-refractivity contribution in [3.8, 4) is 17.2 Å². The highest BCUT2D eigenvalue weighted by Gasteiger charge is 2.14. The smallest absolute Gasteiger partial charge is 0.340 e. The monoisotopic (exact) mass is 407 g/mol. The molecule has 6 heteroatoms. The molecule has 0 spiro atoms. The Morgan fingerprint density at radius 1 is 1.07 bits per heavy atom. The lowest BCUT2D eigenvalue weighted by Crippen LogP contribution is -2.11. The summed E-state index contributed by atoms with van der Waals surface area (Å²) in [5, 5.41) is 12.5. The molecule has 0 unspecified atom stereocenters. The number of anilines is 2. The Labute approximate surface area is 176 Å². The fourth-order valence-corrected chi connectivity index (χ4v) is 2.97. The molecule has 3 N–H and O–H groups in total. The number of halogens is 1. The lowest BCUT2D eigenvalue weighted by Gasteiger charge is -2.14. The van der Waals surface area contributed by atoms with Gasteiger partial charge in [-0.1, -0.05) is 48.5 Å². The quantitative estimate of drug-likeness (QED) is 0.442. The van der Waals surface area contributed by atoms with E-state index in [1.165, 1.54) is 0 Å². The van der Waals surface area contributed by atoms with Gasteiger partial charge in [0.15, 0.2) is 0 Å². The summed E-state index contributed by atoms with van der Waals surface area (Å²) in [5.41, 5.74) is 11.1. The predicted molar refractivity (Wildman–Crippen MR) is 118 cm³/mol. The molecule has 0 saturated heterocycles. The largest absolute Gasteiger partial charge is 0.462 e. The van der Waals surface area contributed by atoms with Gasteiger partial charge in [-0.25, -0.2) is 4.79 Å². The van der Waals surface area contributed by atoms with Gasteiger partial charge < -0.3 is 15.8 Å². The van der Waals surface area contributed by atoms with Crippen LogP contribution in [0.5, 0.6) is 0 Å². The first-order chi connectivity index (χ1) is 13.6. The molecule has 3 rings (SSSR count). The normalized spacial score (nSPS) is 9.79. The average molecular weight is 408 g/mol. The van der Waals surface area contributed by atoms with Crippen LogP contribution in [-0.2, 0) is 11.3 Å². The molecular formula is C23H22ClN3O2. The molecule has 3 aromatic carbocycles. The van der Waals surface area contributed by atoms with Crippen LogP contribution in [0.4, 0.5) is 11.4 Å². The summed E-state index contributed by atoms with van der Waals surface area (Å²) in [7, 11) is 0. The number of carbonyl (C=O) groups excluding carboxylic acids is 1. The number of hydrogen-bond donors (Lipinski definition) is 2. The third kappa shape index (κ3) is 5.07. The Morgan fingerprint density at radius 2 is 1.79 bits per heavy atom. The van der Waals surface area contributed by atoms with Crippen molar-refractivity contribution in [1.82, 2.24) is 0 Å². The number of nitrogen functional groups attached to an aromatic ring is 1. The number of para-hydroxylation sites is 1. The minimum atomic E-state index is -0.402. The van der Waals surface area contributed by atoms with Crippen LogP contribution >= 0.6 is 12.4 Å². The van der Waals surface area contributed by atoms with Crippen molar-refractivity contribution in [3.63, 3.8) is 0 Å². The average Bonchev–Trinajstić information content (AvgIpc) is 2.73. The molecule has 0 aliphatic rings. The topological polar surface area (TPSA) is 88.1 Å². The number of carbonyl (C=O) groups is 1. The van der Waals surface area contributed by atoms with E-state index >= 15 is 0 Å². The van der Waals surface area contributed by atoms with Crippen LogP contribution in [0.3, 0.4) is 0 Å². The van der Waals surface area contributed by atoms with Crippen LogP contribution in [0.15, 0.2) is 66.7 Å². The van der Waals surface area contributed by atoms with Crippen molar-refractivity contribution in [2.24, 2.45) is 0 Å². The molecule has 5 nitrogen and oxygen atoms in total. The van der Waals surface area contributed by atoms with Gasteiger partial charge in [0, 0.05) is 6.54 Å². The number of nitriles is 1. The minimum absolute atomic E-state index is 0. The van der Waals surface area contributed by atoms with Gasteiger partial charge in [0.2, 0.25) is 0 Å². The third-order valence-electron chi connectivity index (χ3n) is 4.37. The fraction of sp³-hybridized carbons (Fsp3) is 0.130. The van der Waals surface area contributed by atoms with E-state index in [4.69, 9.17) is 10.5 Å². The van der Waals surface area contributed by atoms with Crippen molar-refractivity contribution < 1.29 is 9.53 Å². The number of rotatable bonds is 6. The summed E-state index contributed by atoms with van der Waals surface area (Å²) in [6.07, 6.45) is 0. The zero-order valence-corrected chi connectivity index (χ0v) is 16.8. The summed E-state index contributed by atoms with van der Waals surface area (Å²) in [6.45, 7) is 2.57. The Hall–Kier alpha value is -3.49. The fourth-order valence-electron chi connectivity index (χ4n) is 2.97. The number of benzene rings is 3. The Morgan fingerprint density at radius 3 is 2.48 bits per heavy atom. The standard InChI is InChI=1S/C23H21N3O2.ClH/c1-2-28-23(27)20-8-5-9-21(25)22(20)26-15-16-10-12-17(13-11-16)19-7-4-3-6-18(19)14-24;/h3-13,26H,2,15,25H2,1H3;1H. The van der Waals surface area contributed by atoms with Gasteiger partial charge in [0.05, 0.1) is 35.2 Å². The van der Waals surface area contributed by atoms with Crippen molar-refractivity contribution in [1.29, 1.82) is 5.26 Å². The van der Waals surface area contributed by atoms with Gasteiger partial charge in [-0.2, -0.15) is 5.26 Å². The van der Waals surface area contributed by atoms with E-state index in [1.54, 1.807) is 31.2 Å². The van der Waals surface area contributed by atoms with Gasteiger partial charge in [0.1, 0.15) is 0 Å². The van der Waals surface area contributed by atoms with E-state index in [1.807, 2.05) is 42.5 Å². The van der Waals surface area contributed by atoms with Crippen molar-refractivity contribution in [2.75, 3.05) is 17.7 Å². The Balaban J connectivity index is 0.00000300. The van der Waals surface area contributed by atoms with Gasteiger partial charge >= 0.3 is 5.97 Å². The van der Waals surface area contributed by atoms with Gasteiger partial charge in [0.25, 0.3) is 0 Å². The van der Waals surface area contributed by atoms with Gasteiger partial charge in [-0.3, -0.25) is 0 Å². The van der Waals surface area contributed by atoms with Crippen molar-refractivity contribution in [3.05, 3.63) is 83.4 Å². The first-order valence-corrected chi connectivity index (χ1v) is 9.02. The number of nitrogens with zero attached hydrogens (tertiary/aromatic N) is 1. The van der Waals surface area contributed by atoms with E-state index < -0.39 is 5.97 Å². The van der Waals surface area contributed by atoms with Crippen LogP contribution in [0.2, 0.25) is 0 Å². The molecule has 0 aromatic heterocycles. The van der Waals surface area contributed by atoms with Crippen LogP contribution in [0, 0.1) is 11.3 Å². The lowest BCUT2D eigenvalue weighted by molar-refractivity contribution is 0.0527.